The third-order valence-electron chi connectivity index (χ3n) is 4.67. The zero-order valence-corrected chi connectivity index (χ0v) is 15.7. The van der Waals surface area contributed by atoms with Crippen LogP contribution in [0.4, 0.5) is 8.78 Å². The fourth-order valence-electron chi connectivity index (χ4n) is 3.15. The molecule has 6 heteroatoms. The quantitative estimate of drug-likeness (QED) is 0.675. The Kier molecular flexibility index (Phi) is 5.98. The first-order valence-corrected chi connectivity index (χ1v) is 8.80. The van der Waals surface area contributed by atoms with Gasteiger partial charge in [-0.15, -0.1) is 0 Å². The lowest BCUT2D eigenvalue weighted by Gasteiger charge is -2.16. The summed E-state index contributed by atoms with van der Waals surface area (Å²) in [5.74, 6) is -1.24. The van der Waals surface area contributed by atoms with Crippen LogP contribution in [0, 0.1) is 25.5 Å². The number of benzene rings is 2. The first-order chi connectivity index (χ1) is 13.0. The Bertz CT molecular complexity index is 909. The van der Waals surface area contributed by atoms with Crippen molar-refractivity contribution < 1.29 is 13.5 Å². The molecule has 0 aliphatic carbocycles. The highest BCUT2D eigenvalue weighted by molar-refractivity contribution is 5.38. The molecule has 1 unspecified atom stereocenters. The van der Waals surface area contributed by atoms with Gasteiger partial charge in [0, 0.05) is 37.5 Å². The number of methoxy groups -OCH3 is 1. The summed E-state index contributed by atoms with van der Waals surface area (Å²) in [6.45, 7) is 4.97. The van der Waals surface area contributed by atoms with Crippen molar-refractivity contribution in [3.8, 4) is 5.69 Å². The summed E-state index contributed by atoms with van der Waals surface area (Å²) in [6.07, 6.45) is -0.0589. The van der Waals surface area contributed by atoms with Gasteiger partial charge in [-0.3, -0.25) is 0 Å². The predicted molar refractivity (Wildman–Crippen MR) is 101 cm³/mol. The lowest BCUT2D eigenvalue weighted by atomic mass is 10.1. The van der Waals surface area contributed by atoms with Crippen molar-refractivity contribution in [3.63, 3.8) is 0 Å². The monoisotopic (exact) mass is 371 g/mol. The smallest absolute Gasteiger partial charge is 0.151 e. The van der Waals surface area contributed by atoms with E-state index in [0.717, 1.165) is 28.6 Å². The zero-order valence-electron chi connectivity index (χ0n) is 15.7. The molecular weight excluding hydrogens is 348 g/mol. The largest absolute Gasteiger partial charge is 0.375 e. The topological polar surface area (TPSA) is 39.1 Å². The van der Waals surface area contributed by atoms with Crippen LogP contribution in [0.15, 0.2) is 48.5 Å². The maximum absolute atomic E-state index is 14.1. The molecule has 4 nitrogen and oxygen atoms in total. The summed E-state index contributed by atoms with van der Waals surface area (Å²) in [7, 11) is 1.69. The molecule has 2 aromatic carbocycles. The maximum atomic E-state index is 14.1. The lowest BCUT2D eigenvalue weighted by Crippen LogP contribution is -2.23. The molecule has 27 heavy (non-hydrogen) atoms. The molecule has 0 spiro atoms. The number of ether oxygens (including phenoxy) is 1. The van der Waals surface area contributed by atoms with Crippen LogP contribution in [0.2, 0.25) is 0 Å². The number of halogens is 2. The summed E-state index contributed by atoms with van der Waals surface area (Å²) in [4.78, 5) is 0. The Hall–Kier alpha value is -2.57. The van der Waals surface area contributed by atoms with E-state index < -0.39 is 11.6 Å². The number of hydrogen-bond acceptors (Lipinski definition) is 3. The molecule has 3 aromatic rings. The van der Waals surface area contributed by atoms with E-state index >= 15 is 0 Å². The van der Waals surface area contributed by atoms with Crippen LogP contribution in [0.25, 0.3) is 5.69 Å². The zero-order chi connectivity index (χ0) is 19.4. The summed E-state index contributed by atoms with van der Waals surface area (Å²) in [6, 6.07) is 13.5. The van der Waals surface area contributed by atoms with E-state index in [2.05, 4.69) is 10.4 Å². The summed E-state index contributed by atoms with van der Waals surface area (Å²) in [5.41, 5.74) is 3.95. The highest BCUT2D eigenvalue weighted by Crippen LogP contribution is 2.21. The van der Waals surface area contributed by atoms with Crippen LogP contribution in [0.3, 0.4) is 0 Å². The van der Waals surface area contributed by atoms with Gasteiger partial charge >= 0.3 is 0 Å². The van der Waals surface area contributed by atoms with E-state index in [-0.39, 0.29) is 11.8 Å². The molecule has 0 saturated carbocycles. The fourth-order valence-corrected chi connectivity index (χ4v) is 3.15. The van der Waals surface area contributed by atoms with E-state index in [1.165, 1.54) is 16.8 Å². The van der Waals surface area contributed by atoms with Gasteiger partial charge in [0.2, 0.25) is 0 Å². The van der Waals surface area contributed by atoms with Gasteiger partial charge in [0.25, 0.3) is 0 Å². The third kappa shape index (κ3) is 4.23. The van der Waals surface area contributed by atoms with Gasteiger partial charge in [0.15, 0.2) is 5.82 Å². The van der Waals surface area contributed by atoms with Gasteiger partial charge < -0.3 is 10.1 Å². The molecule has 0 aliphatic rings. The molecule has 1 aromatic heterocycles. The highest BCUT2D eigenvalue weighted by atomic mass is 19.1. The third-order valence-corrected chi connectivity index (χ3v) is 4.67. The average Bonchev–Trinajstić information content (AvgIpc) is 2.94. The van der Waals surface area contributed by atoms with Crippen molar-refractivity contribution in [2.75, 3.05) is 13.7 Å². The average molecular weight is 371 g/mol. The second kappa shape index (κ2) is 8.41. The fraction of sp³-hybridized carbons (Fsp3) is 0.286. The minimum atomic E-state index is -0.636. The van der Waals surface area contributed by atoms with Gasteiger partial charge in [-0.05, 0) is 31.5 Å². The van der Waals surface area contributed by atoms with Gasteiger partial charge in [0.05, 0.1) is 11.8 Å². The normalized spacial score (nSPS) is 12.3. The van der Waals surface area contributed by atoms with Crippen molar-refractivity contribution in [2.24, 2.45) is 0 Å². The molecule has 3 rings (SSSR count). The number of rotatable bonds is 7. The molecule has 1 atom stereocenters. The van der Waals surface area contributed by atoms with Crippen molar-refractivity contribution >= 4 is 0 Å². The van der Waals surface area contributed by atoms with Crippen molar-refractivity contribution in [2.45, 2.75) is 26.5 Å². The maximum Gasteiger partial charge on any atom is 0.151 e. The number of aryl methyl sites for hydroxylation is 1. The molecule has 0 amide bonds. The van der Waals surface area contributed by atoms with E-state index in [4.69, 9.17) is 4.74 Å². The van der Waals surface area contributed by atoms with Crippen LogP contribution >= 0.6 is 0 Å². The molecular formula is C21H23F2N3O. The van der Waals surface area contributed by atoms with Crippen molar-refractivity contribution in [1.29, 1.82) is 0 Å². The van der Waals surface area contributed by atoms with Gasteiger partial charge in [-0.1, -0.05) is 30.3 Å². The first kappa shape index (κ1) is 19.2. The van der Waals surface area contributed by atoms with Crippen LogP contribution in [0.5, 0.6) is 0 Å². The standard InChI is InChI=1S/C21H23F2N3O/c1-14-18(12-24-13-21(27-3)16-7-5-4-6-8-16)15(2)26(25-14)20-10-9-17(22)11-19(20)23/h4-11,21,24H,12-13H2,1-3H3. The second-order valence-electron chi connectivity index (χ2n) is 6.42. The number of nitrogens with zero attached hydrogens (tertiary/aromatic N) is 2. The second-order valence-corrected chi connectivity index (χ2v) is 6.42. The Labute approximate surface area is 157 Å². The van der Waals surface area contributed by atoms with Crippen LogP contribution in [0.1, 0.15) is 28.6 Å². The molecule has 1 N–H and O–H groups in total. The van der Waals surface area contributed by atoms with Gasteiger partial charge in [0.1, 0.15) is 11.5 Å². The van der Waals surface area contributed by atoms with E-state index in [1.807, 2.05) is 44.2 Å². The lowest BCUT2D eigenvalue weighted by molar-refractivity contribution is 0.102. The molecule has 0 aliphatic heterocycles. The molecule has 0 saturated heterocycles. The number of hydrogen-bond donors (Lipinski definition) is 1. The van der Waals surface area contributed by atoms with Crippen LogP contribution < -0.4 is 5.32 Å². The Balaban J connectivity index is 1.73. The van der Waals surface area contributed by atoms with Gasteiger partial charge in [-0.2, -0.15) is 5.10 Å². The van der Waals surface area contributed by atoms with E-state index in [1.54, 1.807) is 7.11 Å². The number of aromatic nitrogens is 2. The molecule has 1 heterocycles. The Morgan fingerprint density at radius 1 is 1.11 bits per heavy atom. The van der Waals surface area contributed by atoms with Crippen LogP contribution in [-0.2, 0) is 11.3 Å². The molecule has 0 fully saturated rings. The van der Waals surface area contributed by atoms with E-state index in [0.29, 0.717) is 13.1 Å². The summed E-state index contributed by atoms with van der Waals surface area (Å²) in [5, 5.41) is 7.82. The van der Waals surface area contributed by atoms with Crippen LogP contribution in [-0.4, -0.2) is 23.4 Å². The molecule has 142 valence electrons. The van der Waals surface area contributed by atoms with Crippen molar-refractivity contribution in [3.05, 3.63) is 82.7 Å². The Morgan fingerprint density at radius 2 is 1.85 bits per heavy atom. The minimum Gasteiger partial charge on any atom is -0.375 e. The minimum absolute atomic E-state index is 0.0589. The SMILES string of the molecule is COC(CNCc1c(C)nn(-c2ccc(F)cc2F)c1C)c1ccccc1. The summed E-state index contributed by atoms with van der Waals surface area (Å²) < 4.78 is 34.4. The molecule has 0 radical (unpaired) electrons. The first-order valence-electron chi connectivity index (χ1n) is 8.80. The van der Waals surface area contributed by atoms with Crippen molar-refractivity contribution in [1.82, 2.24) is 15.1 Å². The number of nitrogens with one attached hydrogen (secondary N) is 1. The Morgan fingerprint density at radius 3 is 2.52 bits per heavy atom. The van der Waals surface area contributed by atoms with Gasteiger partial charge in [-0.25, -0.2) is 13.5 Å². The molecule has 0 bridgehead atoms. The highest BCUT2D eigenvalue weighted by Gasteiger charge is 2.16. The summed E-state index contributed by atoms with van der Waals surface area (Å²) >= 11 is 0. The predicted octanol–water partition coefficient (Wildman–Crippen LogP) is 4.24. The van der Waals surface area contributed by atoms with E-state index in [9.17, 15) is 8.78 Å².